The topological polar surface area (TPSA) is 55.0 Å². The average Bonchev–Trinajstić information content (AvgIpc) is 2.38. The second-order valence-corrected chi connectivity index (χ2v) is 5.25. The molecule has 2 atom stereocenters. The van der Waals surface area contributed by atoms with Crippen molar-refractivity contribution in [3.05, 3.63) is 12.4 Å². The quantitative estimate of drug-likeness (QED) is 0.806. The van der Waals surface area contributed by atoms with Gasteiger partial charge in [-0.05, 0) is 31.6 Å². The maximum Gasteiger partial charge on any atom is 0.134 e. The van der Waals surface area contributed by atoms with E-state index < -0.39 is 0 Å². The Labute approximate surface area is 102 Å². The van der Waals surface area contributed by atoms with Crippen LogP contribution in [-0.2, 0) is 0 Å². The fourth-order valence-corrected chi connectivity index (χ4v) is 3.43. The Morgan fingerprint density at radius 1 is 1.12 bits per heavy atom. The van der Waals surface area contributed by atoms with Crippen LogP contribution in [0.5, 0.6) is 0 Å². The summed E-state index contributed by atoms with van der Waals surface area (Å²) in [5.41, 5.74) is 5.76. The zero-order valence-corrected chi connectivity index (χ0v) is 10.2. The van der Waals surface area contributed by atoms with Crippen molar-refractivity contribution in [2.45, 2.75) is 44.6 Å². The van der Waals surface area contributed by atoms with Crippen molar-refractivity contribution in [2.24, 2.45) is 5.92 Å². The van der Waals surface area contributed by atoms with E-state index in [9.17, 15) is 0 Å². The molecule has 2 fully saturated rings. The van der Waals surface area contributed by atoms with Crippen molar-refractivity contribution < 1.29 is 0 Å². The van der Waals surface area contributed by atoms with Crippen LogP contribution in [0.15, 0.2) is 12.4 Å². The molecular weight excluding hydrogens is 212 g/mol. The molecule has 0 radical (unpaired) electrons. The highest BCUT2D eigenvalue weighted by Gasteiger charge is 2.33. The van der Waals surface area contributed by atoms with E-state index in [1.807, 2.05) is 6.07 Å². The number of nitrogens with zero attached hydrogens (tertiary/aromatic N) is 3. The number of hydrogen-bond acceptors (Lipinski definition) is 4. The summed E-state index contributed by atoms with van der Waals surface area (Å²) in [5.74, 6) is 2.47. The average molecular weight is 232 g/mol. The number of hydrogen-bond donors (Lipinski definition) is 1. The second-order valence-electron chi connectivity index (χ2n) is 5.25. The standard InChI is InChI=1S/C13H20N4/c14-12-8-13(16-9-15-12)17-7-3-5-10-4-1-2-6-11(10)17/h8-11H,1-7H2,(H2,14,15,16)/t10-,11-/m1/s1. The van der Waals surface area contributed by atoms with E-state index in [1.54, 1.807) is 6.33 Å². The molecule has 2 N–H and O–H groups in total. The maximum atomic E-state index is 5.76. The first-order chi connectivity index (χ1) is 8.34. The van der Waals surface area contributed by atoms with E-state index in [4.69, 9.17) is 5.73 Å². The van der Waals surface area contributed by atoms with E-state index in [0.29, 0.717) is 11.9 Å². The molecule has 1 aromatic rings. The normalized spacial score (nSPS) is 28.8. The predicted octanol–water partition coefficient (Wildman–Crippen LogP) is 2.22. The Bertz CT molecular complexity index is 391. The molecule has 0 unspecified atom stereocenters. The van der Waals surface area contributed by atoms with E-state index in [2.05, 4.69) is 14.9 Å². The van der Waals surface area contributed by atoms with Crippen LogP contribution in [0.25, 0.3) is 0 Å². The van der Waals surface area contributed by atoms with Crippen LogP contribution in [-0.4, -0.2) is 22.6 Å². The monoisotopic (exact) mass is 232 g/mol. The minimum atomic E-state index is 0.577. The van der Waals surface area contributed by atoms with Gasteiger partial charge in [-0.3, -0.25) is 0 Å². The van der Waals surface area contributed by atoms with Gasteiger partial charge in [0.1, 0.15) is 18.0 Å². The van der Waals surface area contributed by atoms with Crippen LogP contribution in [0.1, 0.15) is 38.5 Å². The first-order valence-electron chi connectivity index (χ1n) is 6.69. The van der Waals surface area contributed by atoms with Crippen LogP contribution in [0.4, 0.5) is 11.6 Å². The van der Waals surface area contributed by atoms with Gasteiger partial charge in [-0.15, -0.1) is 0 Å². The lowest BCUT2D eigenvalue weighted by molar-refractivity contribution is 0.242. The van der Waals surface area contributed by atoms with Crippen LogP contribution in [0, 0.1) is 5.92 Å². The van der Waals surface area contributed by atoms with E-state index in [1.165, 1.54) is 38.5 Å². The van der Waals surface area contributed by atoms with E-state index >= 15 is 0 Å². The van der Waals surface area contributed by atoms with Gasteiger partial charge in [0.05, 0.1) is 0 Å². The zero-order chi connectivity index (χ0) is 11.7. The summed E-state index contributed by atoms with van der Waals surface area (Å²) in [6.07, 6.45) is 9.72. The maximum absolute atomic E-state index is 5.76. The van der Waals surface area contributed by atoms with Crippen LogP contribution >= 0.6 is 0 Å². The molecule has 4 heteroatoms. The highest BCUT2D eigenvalue weighted by atomic mass is 15.2. The second kappa shape index (κ2) is 4.51. The number of fused-ring (bicyclic) bond motifs is 1. The zero-order valence-electron chi connectivity index (χ0n) is 10.2. The summed E-state index contributed by atoms with van der Waals surface area (Å²) in [5, 5.41) is 0. The number of piperidine rings is 1. The highest BCUT2D eigenvalue weighted by molar-refractivity contribution is 5.47. The molecule has 1 saturated heterocycles. The molecule has 1 aliphatic carbocycles. The van der Waals surface area contributed by atoms with Gasteiger partial charge < -0.3 is 10.6 Å². The number of aromatic nitrogens is 2. The summed E-state index contributed by atoms with van der Waals surface area (Å²) in [6.45, 7) is 1.12. The third kappa shape index (κ3) is 2.08. The summed E-state index contributed by atoms with van der Waals surface area (Å²) < 4.78 is 0. The van der Waals surface area contributed by atoms with Crippen molar-refractivity contribution in [1.29, 1.82) is 0 Å². The van der Waals surface area contributed by atoms with Gasteiger partial charge in [0.15, 0.2) is 0 Å². The molecular formula is C13H20N4. The SMILES string of the molecule is Nc1cc(N2CCC[C@H]3CCCC[C@H]32)ncn1. The first kappa shape index (κ1) is 10.8. The van der Waals surface area contributed by atoms with Crippen LogP contribution in [0.3, 0.4) is 0 Å². The minimum absolute atomic E-state index is 0.577. The molecule has 1 aromatic heterocycles. The van der Waals surface area contributed by atoms with E-state index in [-0.39, 0.29) is 0 Å². The Morgan fingerprint density at radius 2 is 1.94 bits per heavy atom. The highest BCUT2D eigenvalue weighted by Crippen LogP contribution is 2.37. The summed E-state index contributed by atoms with van der Waals surface area (Å²) in [7, 11) is 0. The molecule has 2 heterocycles. The third-order valence-corrected chi connectivity index (χ3v) is 4.21. The van der Waals surface area contributed by atoms with Crippen molar-refractivity contribution >= 4 is 11.6 Å². The molecule has 0 aromatic carbocycles. The van der Waals surface area contributed by atoms with Crippen molar-refractivity contribution in [3.8, 4) is 0 Å². The number of nitrogens with two attached hydrogens (primary N) is 1. The fraction of sp³-hybridized carbons (Fsp3) is 0.692. The smallest absolute Gasteiger partial charge is 0.134 e. The summed E-state index contributed by atoms with van der Waals surface area (Å²) >= 11 is 0. The minimum Gasteiger partial charge on any atom is -0.384 e. The predicted molar refractivity (Wildman–Crippen MR) is 68.8 cm³/mol. The van der Waals surface area contributed by atoms with Crippen molar-refractivity contribution in [2.75, 3.05) is 17.2 Å². The van der Waals surface area contributed by atoms with Gasteiger partial charge in [-0.25, -0.2) is 9.97 Å². The molecule has 2 aliphatic rings. The van der Waals surface area contributed by atoms with Crippen LogP contribution < -0.4 is 10.6 Å². The van der Waals surface area contributed by atoms with Gasteiger partial charge in [-0.1, -0.05) is 12.8 Å². The van der Waals surface area contributed by atoms with Gasteiger partial charge in [0, 0.05) is 18.7 Å². The molecule has 17 heavy (non-hydrogen) atoms. The number of rotatable bonds is 1. The van der Waals surface area contributed by atoms with Gasteiger partial charge in [0.2, 0.25) is 0 Å². The largest absolute Gasteiger partial charge is 0.384 e. The lowest BCUT2D eigenvalue weighted by atomic mass is 9.78. The Morgan fingerprint density at radius 3 is 2.82 bits per heavy atom. The third-order valence-electron chi connectivity index (χ3n) is 4.21. The van der Waals surface area contributed by atoms with Gasteiger partial charge in [0.25, 0.3) is 0 Å². The lowest BCUT2D eigenvalue weighted by Gasteiger charge is -2.44. The summed E-state index contributed by atoms with van der Waals surface area (Å²) in [4.78, 5) is 10.8. The molecule has 92 valence electrons. The molecule has 1 aliphatic heterocycles. The molecule has 0 spiro atoms. The first-order valence-corrected chi connectivity index (χ1v) is 6.69. The Balaban J connectivity index is 1.85. The lowest BCUT2D eigenvalue weighted by Crippen LogP contribution is -2.47. The fourth-order valence-electron chi connectivity index (χ4n) is 3.43. The van der Waals surface area contributed by atoms with Gasteiger partial charge >= 0.3 is 0 Å². The van der Waals surface area contributed by atoms with Crippen LogP contribution in [0.2, 0.25) is 0 Å². The van der Waals surface area contributed by atoms with E-state index in [0.717, 1.165) is 18.3 Å². The summed E-state index contributed by atoms with van der Waals surface area (Å²) in [6, 6.07) is 2.60. The molecule has 3 rings (SSSR count). The molecule has 0 amide bonds. The van der Waals surface area contributed by atoms with Gasteiger partial charge in [-0.2, -0.15) is 0 Å². The number of anilines is 2. The Hall–Kier alpha value is -1.32. The molecule has 1 saturated carbocycles. The Kier molecular flexibility index (Phi) is 2.87. The van der Waals surface area contributed by atoms with Crippen molar-refractivity contribution in [3.63, 3.8) is 0 Å². The molecule has 4 nitrogen and oxygen atoms in total. The molecule has 0 bridgehead atoms. The van der Waals surface area contributed by atoms with Crippen molar-refractivity contribution in [1.82, 2.24) is 9.97 Å². The number of nitrogen functional groups attached to an aromatic ring is 1.